The number of ether oxygens (including phenoxy) is 2. The van der Waals surface area contributed by atoms with Gasteiger partial charge in [0.05, 0.1) is 53.3 Å². The van der Waals surface area contributed by atoms with Crippen molar-refractivity contribution < 1.29 is 14.3 Å². The Morgan fingerprint density at radius 2 is 1.94 bits per heavy atom. The summed E-state index contributed by atoms with van der Waals surface area (Å²) in [5, 5.41) is 4.38. The van der Waals surface area contributed by atoms with E-state index in [4.69, 9.17) is 9.47 Å². The zero-order valence-electron chi connectivity index (χ0n) is 18.3. The lowest BCUT2D eigenvalue weighted by atomic mass is 10.1. The molecule has 166 valence electrons. The highest BCUT2D eigenvalue weighted by Crippen LogP contribution is 2.50. The van der Waals surface area contributed by atoms with Crippen LogP contribution >= 0.6 is 0 Å². The Kier molecular flexibility index (Phi) is 4.51. The number of carbonyl (C=O) groups is 1. The first-order valence-corrected chi connectivity index (χ1v) is 10.9. The summed E-state index contributed by atoms with van der Waals surface area (Å²) in [6.45, 7) is 4.35. The Bertz CT molecular complexity index is 1350. The zero-order chi connectivity index (χ0) is 22.5. The fraction of sp³-hybridized carbons (Fsp3) is 0.250. The van der Waals surface area contributed by atoms with Crippen LogP contribution in [-0.4, -0.2) is 51.2 Å². The second-order valence-electron chi connectivity index (χ2n) is 8.02. The molecular weight excluding hydrogens is 420 g/mol. The lowest BCUT2D eigenvalue weighted by Crippen LogP contribution is -2.42. The number of carbonyl (C=O) groups excluding carboxylic acids is 1. The molecule has 5 heterocycles. The molecule has 0 aliphatic carbocycles. The summed E-state index contributed by atoms with van der Waals surface area (Å²) in [6.07, 6.45) is 6.84. The number of para-hydroxylation sites is 1. The van der Waals surface area contributed by atoms with Gasteiger partial charge in [0.2, 0.25) is 0 Å². The molecule has 1 fully saturated rings. The Morgan fingerprint density at radius 1 is 1.09 bits per heavy atom. The predicted octanol–water partition coefficient (Wildman–Crippen LogP) is 3.30. The topological polar surface area (TPSA) is 88.4 Å². The van der Waals surface area contributed by atoms with E-state index in [2.05, 4.69) is 20.0 Å². The molecule has 0 saturated carbocycles. The average Bonchev–Trinajstić information content (AvgIpc) is 3.50. The van der Waals surface area contributed by atoms with Crippen LogP contribution in [0.4, 0.5) is 17.1 Å². The SMILES string of the molecule is CCOC(=O)CN1c2cccc(C)c2N(c2cnc(-c3cnn4ccccc34)nc2)C2OC21. The van der Waals surface area contributed by atoms with Crippen LogP contribution in [0.25, 0.3) is 16.9 Å². The molecule has 2 aliphatic rings. The fourth-order valence-electron chi connectivity index (χ4n) is 4.45. The van der Waals surface area contributed by atoms with Crippen molar-refractivity contribution in [2.45, 2.75) is 26.3 Å². The molecule has 3 aromatic heterocycles. The van der Waals surface area contributed by atoms with Crippen LogP contribution in [0, 0.1) is 6.92 Å². The average molecular weight is 442 g/mol. The normalized spacial score (nSPS) is 18.7. The first-order chi connectivity index (χ1) is 16.2. The minimum absolute atomic E-state index is 0.142. The minimum atomic E-state index is -0.270. The predicted molar refractivity (Wildman–Crippen MR) is 122 cm³/mol. The van der Waals surface area contributed by atoms with Gasteiger partial charge in [-0.1, -0.05) is 18.2 Å². The highest BCUT2D eigenvalue weighted by molar-refractivity contribution is 5.87. The first-order valence-electron chi connectivity index (χ1n) is 10.9. The number of fused-ring (bicyclic) bond motifs is 3. The molecule has 33 heavy (non-hydrogen) atoms. The van der Waals surface area contributed by atoms with E-state index >= 15 is 0 Å². The van der Waals surface area contributed by atoms with Crippen LogP contribution in [0.15, 0.2) is 61.2 Å². The van der Waals surface area contributed by atoms with Gasteiger partial charge in [0.25, 0.3) is 0 Å². The van der Waals surface area contributed by atoms with Crippen molar-refractivity contribution in [3.63, 3.8) is 0 Å². The van der Waals surface area contributed by atoms with E-state index in [1.807, 2.05) is 66.8 Å². The monoisotopic (exact) mass is 442 g/mol. The van der Waals surface area contributed by atoms with E-state index in [1.54, 1.807) is 17.6 Å². The van der Waals surface area contributed by atoms with Crippen LogP contribution < -0.4 is 9.80 Å². The Hall–Kier alpha value is -3.98. The third kappa shape index (κ3) is 3.20. The Morgan fingerprint density at radius 3 is 2.76 bits per heavy atom. The van der Waals surface area contributed by atoms with E-state index in [0.717, 1.165) is 33.7 Å². The molecule has 9 nitrogen and oxygen atoms in total. The minimum Gasteiger partial charge on any atom is -0.465 e. The van der Waals surface area contributed by atoms with Crippen LogP contribution in [0.5, 0.6) is 0 Å². The summed E-state index contributed by atoms with van der Waals surface area (Å²) in [5.74, 6) is 0.341. The molecule has 9 heteroatoms. The van der Waals surface area contributed by atoms with Gasteiger partial charge in [0.1, 0.15) is 6.54 Å². The van der Waals surface area contributed by atoms with Gasteiger partial charge in [-0.3, -0.25) is 4.79 Å². The molecule has 1 saturated heterocycles. The summed E-state index contributed by atoms with van der Waals surface area (Å²) in [6, 6.07) is 11.9. The number of aromatic nitrogens is 4. The van der Waals surface area contributed by atoms with Crippen LogP contribution in [0.3, 0.4) is 0 Å². The maximum absolute atomic E-state index is 12.2. The summed E-state index contributed by atoms with van der Waals surface area (Å²) in [5.41, 5.74) is 5.63. The number of nitrogens with zero attached hydrogens (tertiary/aromatic N) is 6. The van der Waals surface area contributed by atoms with Gasteiger partial charge in [-0.25, -0.2) is 14.5 Å². The molecule has 0 N–H and O–H groups in total. The van der Waals surface area contributed by atoms with Crippen LogP contribution in [-0.2, 0) is 14.3 Å². The summed E-state index contributed by atoms with van der Waals surface area (Å²) < 4.78 is 13.0. The maximum atomic E-state index is 12.2. The molecule has 4 aromatic rings. The van der Waals surface area contributed by atoms with E-state index in [-0.39, 0.29) is 25.0 Å². The van der Waals surface area contributed by atoms with Gasteiger partial charge in [-0.15, -0.1) is 0 Å². The van der Waals surface area contributed by atoms with E-state index in [9.17, 15) is 4.79 Å². The third-order valence-electron chi connectivity index (χ3n) is 5.96. The third-order valence-corrected chi connectivity index (χ3v) is 5.96. The number of pyridine rings is 1. The van der Waals surface area contributed by atoms with Gasteiger partial charge >= 0.3 is 5.97 Å². The summed E-state index contributed by atoms with van der Waals surface area (Å²) >= 11 is 0. The highest BCUT2D eigenvalue weighted by atomic mass is 16.6. The number of anilines is 3. The standard InChI is InChI=1S/C24H22N6O3/c1-3-32-20(31)14-28-19-9-6-7-15(2)21(19)30(24-23(28)33-24)16-11-25-22(26-12-16)17-13-27-29-10-5-4-8-18(17)29/h4-13,23-24H,3,14H2,1-2H3. The Balaban J connectivity index is 1.36. The second-order valence-corrected chi connectivity index (χ2v) is 8.02. The highest BCUT2D eigenvalue weighted by Gasteiger charge is 2.54. The molecule has 1 aromatic carbocycles. The first kappa shape index (κ1) is 19.7. The number of rotatable bonds is 5. The number of aryl methyl sites for hydroxylation is 1. The van der Waals surface area contributed by atoms with Crippen molar-refractivity contribution >= 4 is 28.5 Å². The molecule has 2 aliphatic heterocycles. The van der Waals surface area contributed by atoms with E-state index in [1.165, 1.54) is 0 Å². The number of benzene rings is 1. The number of esters is 1. The van der Waals surface area contributed by atoms with Gasteiger partial charge in [-0.2, -0.15) is 5.10 Å². The largest absolute Gasteiger partial charge is 0.465 e. The smallest absolute Gasteiger partial charge is 0.325 e. The molecule has 0 radical (unpaired) electrons. The second kappa shape index (κ2) is 7.56. The van der Waals surface area contributed by atoms with Gasteiger partial charge < -0.3 is 19.3 Å². The number of epoxide rings is 1. The van der Waals surface area contributed by atoms with Crippen molar-refractivity contribution in [3.05, 3.63) is 66.7 Å². The van der Waals surface area contributed by atoms with Crippen molar-refractivity contribution in [2.75, 3.05) is 23.0 Å². The number of hydrogen-bond acceptors (Lipinski definition) is 8. The van der Waals surface area contributed by atoms with Crippen molar-refractivity contribution in [1.82, 2.24) is 19.6 Å². The fourth-order valence-corrected chi connectivity index (χ4v) is 4.45. The molecule has 0 spiro atoms. The van der Waals surface area contributed by atoms with Crippen LogP contribution in [0.2, 0.25) is 0 Å². The van der Waals surface area contributed by atoms with Crippen molar-refractivity contribution in [3.8, 4) is 11.4 Å². The Labute approximate surface area is 190 Å². The molecule has 2 unspecified atom stereocenters. The summed E-state index contributed by atoms with van der Waals surface area (Å²) in [7, 11) is 0. The van der Waals surface area contributed by atoms with Gasteiger partial charge in [0.15, 0.2) is 18.3 Å². The lowest BCUT2D eigenvalue weighted by Gasteiger charge is -2.35. The molecule has 0 bridgehead atoms. The van der Waals surface area contributed by atoms with E-state index < -0.39 is 0 Å². The quantitative estimate of drug-likeness (QED) is 0.344. The summed E-state index contributed by atoms with van der Waals surface area (Å²) in [4.78, 5) is 25.6. The molecule has 2 atom stereocenters. The van der Waals surface area contributed by atoms with Gasteiger partial charge in [0, 0.05) is 6.20 Å². The molecule has 0 amide bonds. The van der Waals surface area contributed by atoms with E-state index in [0.29, 0.717) is 12.4 Å². The zero-order valence-corrected chi connectivity index (χ0v) is 18.3. The van der Waals surface area contributed by atoms with Crippen LogP contribution in [0.1, 0.15) is 12.5 Å². The molecule has 6 rings (SSSR count). The lowest BCUT2D eigenvalue weighted by molar-refractivity contribution is -0.141. The van der Waals surface area contributed by atoms with Gasteiger partial charge in [-0.05, 0) is 37.6 Å². The maximum Gasteiger partial charge on any atom is 0.325 e. The van der Waals surface area contributed by atoms with Crippen molar-refractivity contribution in [2.24, 2.45) is 0 Å². The number of hydrogen-bond donors (Lipinski definition) is 0. The molecular formula is C24H22N6O3. The van der Waals surface area contributed by atoms with Crippen molar-refractivity contribution in [1.29, 1.82) is 0 Å².